The molecule has 1 atom stereocenters. The number of aryl methyl sites for hydroxylation is 2. The van der Waals surface area contributed by atoms with E-state index in [2.05, 4.69) is 36.2 Å². The summed E-state index contributed by atoms with van der Waals surface area (Å²) in [7, 11) is 1.70. The Morgan fingerprint density at radius 1 is 1.26 bits per heavy atom. The van der Waals surface area contributed by atoms with Crippen molar-refractivity contribution in [3.63, 3.8) is 0 Å². The lowest BCUT2D eigenvalue weighted by Gasteiger charge is -2.34. The zero-order valence-electron chi connectivity index (χ0n) is 12.1. The fourth-order valence-corrected chi connectivity index (χ4v) is 2.92. The van der Waals surface area contributed by atoms with E-state index in [1.807, 2.05) is 0 Å². The summed E-state index contributed by atoms with van der Waals surface area (Å²) >= 11 is 0. The minimum absolute atomic E-state index is 0.0883. The standard InChI is InChI=1S/C15H24N2O2/c1-11-8-13(9-12(2)15(11)19-3)14(10-18)17-6-4-16-5-7-17/h8-9,14,16,18H,4-7,10H2,1-3H3/t14-/m0/s1. The molecule has 1 aromatic rings. The Balaban J connectivity index is 2.27. The summed E-state index contributed by atoms with van der Waals surface area (Å²) in [6.45, 7) is 8.22. The van der Waals surface area contributed by atoms with E-state index in [0.29, 0.717) is 0 Å². The molecule has 1 heterocycles. The Labute approximate surface area is 115 Å². The zero-order valence-corrected chi connectivity index (χ0v) is 12.1. The van der Waals surface area contributed by atoms with Gasteiger partial charge >= 0.3 is 0 Å². The van der Waals surface area contributed by atoms with Crippen LogP contribution in [0.25, 0.3) is 0 Å². The van der Waals surface area contributed by atoms with Crippen molar-refractivity contribution in [3.8, 4) is 5.75 Å². The van der Waals surface area contributed by atoms with Crippen LogP contribution in [0.4, 0.5) is 0 Å². The smallest absolute Gasteiger partial charge is 0.124 e. The molecule has 1 saturated heterocycles. The van der Waals surface area contributed by atoms with Gasteiger partial charge in [0, 0.05) is 26.2 Å². The van der Waals surface area contributed by atoms with Crippen LogP contribution in [0.15, 0.2) is 12.1 Å². The molecule has 1 aliphatic rings. The molecule has 1 aromatic carbocycles. The van der Waals surface area contributed by atoms with E-state index < -0.39 is 0 Å². The number of rotatable bonds is 4. The van der Waals surface area contributed by atoms with Crippen molar-refractivity contribution in [2.24, 2.45) is 0 Å². The highest BCUT2D eigenvalue weighted by molar-refractivity contribution is 5.44. The molecule has 106 valence electrons. The van der Waals surface area contributed by atoms with Gasteiger partial charge in [0.2, 0.25) is 0 Å². The van der Waals surface area contributed by atoms with Crippen molar-refractivity contribution in [2.45, 2.75) is 19.9 Å². The quantitative estimate of drug-likeness (QED) is 0.859. The topological polar surface area (TPSA) is 44.7 Å². The normalized spacial score (nSPS) is 18.3. The maximum Gasteiger partial charge on any atom is 0.124 e. The number of hydrogen-bond donors (Lipinski definition) is 2. The molecule has 0 unspecified atom stereocenters. The summed E-state index contributed by atoms with van der Waals surface area (Å²) < 4.78 is 5.40. The second kappa shape index (κ2) is 6.37. The van der Waals surface area contributed by atoms with Gasteiger partial charge in [0.25, 0.3) is 0 Å². The molecule has 1 fully saturated rings. The van der Waals surface area contributed by atoms with Crippen LogP contribution in [0.3, 0.4) is 0 Å². The highest BCUT2D eigenvalue weighted by atomic mass is 16.5. The number of benzene rings is 1. The highest BCUT2D eigenvalue weighted by Gasteiger charge is 2.22. The van der Waals surface area contributed by atoms with Gasteiger partial charge in [-0.25, -0.2) is 0 Å². The molecule has 19 heavy (non-hydrogen) atoms. The minimum Gasteiger partial charge on any atom is -0.496 e. The lowest BCUT2D eigenvalue weighted by Crippen LogP contribution is -2.46. The summed E-state index contributed by atoms with van der Waals surface area (Å²) in [6.07, 6.45) is 0. The van der Waals surface area contributed by atoms with Gasteiger partial charge in [-0.15, -0.1) is 0 Å². The van der Waals surface area contributed by atoms with Crippen LogP contribution in [0.1, 0.15) is 22.7 Å². The summed E-state index contributed by atoms with van der Waals surface area (Å²) in [5.41, 5.74) is 3.44. The van der Waals surface area contributed by atoms with Crippen molar-refractivity contribution in [1.82, 2.24) is 10.2 Å². The predicted molar refractivity (Wildman–Crippen MR) is 76.7 cm³/mol. The molecular formula is C15H24N2O2. The monoisotopic (exact) mass is 264 g/mol. The molecule has 0 spiro atoms. The highest BCUT2D eigenvalue weighted by Crippen LogP contribution is 2.29. The molecule has 1 aliphatic heterocycles. The Hall–Kier alpha value is -1.10. The van der Waals surface area contributed by atoms with Gasteiger partial charge in [0.05, 0.1) is 19.8 Å². The van der Waals surface area contributed by atoms with Gasteiger partial charge in [-0.2, -0.15) is 0 Å². The Morgan fingerprint density at radius 3 is 2.32 bits per heavy atom. The minimum atomic E-state index is 0.0883. The summed E-state index contributed by atoms with van der Waals surface area (Å²) in [5.74, 6) is 0.945. The predicted octanol–water partition coefficient (Wildman–Crippen LogP) is 1.25. The molecule has 4 heteroatoms. The van der Waals surface area contributed by atoms with E-state index in [1.54, 1.807) is 7.11 Å². The second-order valence-corrected chi connectivity index (χ2v) is 5.17. The number of aliphatic hydroxyl groups excluding tert-OH is 1. The van der Waals surface area contributed by atoms with Crippen LogP contribution >= 0.6 is 0 Å². The number of ether oxygens (including phenoxy) is 1. The first-order valence-electron chi connectivity index (χ1n) is 6.88. The van der Waals surface area contributed by atoms with Crippen LogP contribution in [-0.2, 0) is 0 Å². The molecule has 0 saturated carbocycles. The van der Waals surface area contributed by atoms with Gasteiger partial charge < -0.3 is 15.2 Å². The van der Waals surface area contributed by atoms with Crippen LogP contribution in [0.5, 0.6) is 5.75 Å². The number of hydrogen-bond acceptors (Lipinski definition) is 4. The van der Waals surface area contributed by atoms with E-state index in [4.69, 9.17) is 4.74 Å². The molecule has 0 amide bonds. The third-order valence-electron chi connectivity index (χ3n) is 3.84. The SMILES string of the molecule is COc1c(C)cc([C@H](CO)N2CCNCC2)cc1C. The molecule has 2 rings (SSSR count). The fourth-order valence-electron chi connectivity index (χ4n) is 2.92. The Bertz CT molecular complexity index is 405. The number of piperazine rings is 1. The number of nitrogens with zero attached hydrogens (tertiary/aromatic N) is 1. The molecule has 4 nitrogen and oxygen atoms in total. The first-order valence-corrected chi connectivity index (χ1v) is 6.88. The maximum atomic E-state index is 9.75. The first-order chi connectivity index (χ1) is 9.17. The number of methoxy groups -OCH3 is 1. The van der Waals surface area contributed by atoms with E-state index in [-0.39, 0.29) is 12.6 Å². The average molecular weight is 264 g/mol. The fraction of sp³-hybridized carbons (Fsp3) is 0.600. The maximum absolute atomic E-state index is 9.75. The second-order valence-electron chi connectivity index (χ2n) is 5.17. The third-order valence-corrected chi connectivity index (χ3v) is 3.84. The van der Waals surface area contributed by atoms with Gasteiger partial charge in [0.15, 0.2) is 0 Å². The van der Waals surface area contributed by atoms with Gasteiger partial charge in [0.1, 0.15) is 5.75 Å². The number of nitrogens with one attached hydrogen (secondary N) is 1. The van der Waals surface area contributed by atoms with E-state index in [9.17, 15) is 5.11 Å². The third kappa shape index (κ3) is 3.08. The van der Waals surface area contributed by atoms with E-state index in [0.717, 1.165) is 43.1 Å². The largest absolute Gasteiger partial charge is 0.496 e. The Kier molecular flexibility index (Phi) is 4.80. The molecule has 2 N–H and O–H groups in total. The van der Waals surface area contributed by atoms with Crippen LogP contribution in [0, 0.1) is 13.8 Å². The van der Waals surface area contributed by atoms with Gasteiger partial charge in [-0.05, 0) is 30.5 Å². The molecule has 0 aliphatic carbocycles. The van der Waals surface area contributed by atoms with E-state index >= 15 is 0 Å². The first kappa shape index (κ1) is 14.3. The van der Waals surface area contributed by atoms with Crippen LogP contribution < -0.4 is 10.1 Å². The number of aliphatic hydroxyl groups is 1. The average Bonchev–Trinajstić information content (AvgIpc) is 2.40. The molecule has 0 bridgehead atoms. The van der Waals surface area contributed by atoms with Crippen molar-refractivity contribution >= 4 is 0 Å². The van der Waals surface area contributed by atoms with Crippen LogP contribution in [-0.4, -0.2) is 49.9 Å². The van der Waals surface area contributed by atoms with Crippen molar-refractivity contribution in [2.75, 3.05) is 39.9 Å². The zero-order chi connectivity index (χ0) is 13.8. The van der Waals surface area contributed by atoms with Gasteiger partial charge in [-0.3, -0.25) is 4.90 Å². The summed E-state index contributed by atoms with van der Waals surface area (Å²) in [6, 6.07) is 4.36. The Morgan fingerprint density at radius 2 is 1.84 bits per heavy atom. The van der Waals surface area contributed by atoms with Gasteiger partial charge in [-0.1, -0.05) is 12.1 Å². The van der Waals surface area contributed by atoms with Crippen LogP contribution in [0.2, 0.25) is 0 Å². The van der Waals surface area contributed by atoms with E-state index in [1.165, 1.54) is 5.56 Å². The lowest BCUT2D eigenvalue weighted by molar-refractivity contribution is 0.110. The summed E-state index contributed by atoms with van der Waals surface area (Å²) in [5, 5.41) is 13.1. The lowest BCUT2D eigenvalue weighted by atomic mass is 9.99. The molecular weight excluding hydrogens is 240 g/mol. The molecule has 0 aromatic heterocycles. The van der Waals surface area contributed by atoms with Crippen molar-refractivity contribution < 1.29 is 9.84 Å². The summed E-state index contributed by atoms with van der Waals surface area (Å²) in [4.78, 5) is 2.34. The van der Waals surface area contributed by atoms with Crippen molar-refractivity contribution in [3.05, 3.63) is 28.8 Å². The van der Waals surface area contributed by atoms with Crippen molar-refractivity contribution in [1.29, 1.82) is 0 Å². The molecule has 0 radical (unpaired) electrons.